The Morgan fingerprint density at radius 2 is 2.10 bits per heavy atom. The highest BCUT2D eigenvalue weighted by Crippen LogP contribution is 2.30. The van der Waals surface area contributed by atoms with Gasteiger partial charge in [0.15, 0.2) is 11.0 Å². The SMILES string of the molecule is C=CCn1c(SCC(=O)Nc2sc(C)cc2C(=O)OC)nnc1-c1csc(C)c1. The van der Waals surface area contributed by atoms with Gasteiger partial charge in [0.1, 0.15) is 5.00 Å². The van der Waals surface area contributed by atoms with Crippen LogP contribution in [-0.4, -0.2) is 39.5 Å². The lowest BCUT2D eigenvalue weighted by molar-refractivity contribution is -0.113. The molecule has 3 aromatic rings. The first-order valence-corrected chi connectivity index (χ1v) is 11.3. The average Bonchev–Trinajstić information content (AvgIpc) is 3.38. The quantitative estimate of drug-likeness (QED) is 0.312. The zero-order valence-corrected chi connectivity index (χ0v) is 18.7. The molecule has 7 nitrogen and oxygen atoms in total. The van der Waals surface area contributed by atoms with Gasteiger partial charge >= 0.3 is 5.97 Å². The van der Waals surface area contributed by atoms with Crippen LogP contribution in [0, 0.1) is 13.8 Å². The Kier molecular flexibility index (Phi) is 6.88. The molecule has 0 atom stereocenters. The largest absolute Gasteiger partial charge is 0.465 e. The third-order valence-electron chi connectivity index (χ3n) is 3.86. The first kappa shape index (κ1) is 21.3. The highest BCUT2D eigenvalue weighted by atomic mass is 32.2. The van der Waals surface area contributed by atoms with Gasteiger partial charge in [-0.2, -0.15) is 0 Å². The molecule has 0 fully saturated rings. The topological polar surface area (TPSA) is 86.1 Å². The second kappa shape index (κ2) is 9.38. The molecular formula is C19H20N4O3S3. The van der Waals surface area contributed by atoms with Crippen LogP contribution in [0.1, 0.15) is 20.1 Å². The van der Waals surface area contributed by atoms with Crippen LogP contribution in [0.2, 0.25) is 0 Å². The minimum Gasteiger partial charge on any atom is -0.465 e. The molecule has 10 heteroatoms. The molecule has 0 unspecified atom stereocenters. The number of carbonyl (C=O) groups is 2. The van der Waals surface area contributed by atoms with Gasteiger partial charge in [0.25, 0.3) is 0 Å². The number of allylic oxidation sites excluding steroid dienone is 1. The Labute approximate surface area is 180 Å². The number of aryl methyl sites for hydroxylation is 2. The third kappa shape index (κ3) is 4.95. The van der Waals surface area contributed by atoms with Gasteiger partial charge < -0.3 is 10.1 Å². The van der Waals surface area contributed by atoms with Crippen molar-refractivity contribution in [3.63, 3.8) is 0 Å². The number of aromatic nitrogens is 3. The summed E-state index contributed by atoms with van der Waals surface area (Å²) in [6, 6.07) is 3.76. The Balaban J connectivity index is 1.72. The van der Waals surface area contributed by atoms with Crippen LogP contribution in [0.25, 0.3) is 11.4 Å². The molecule has 3 heterocycles. The molecular weight excluding hydrogens is 428 g/mol. The Hall–Kier alpha value is -2.43. The minimum absolute atomic E-state index is 0.134. The lowest BCUT2D eigenvalue weighted by Crippen LogP contribution is -2.16. The molecule has 29 heavy (non-hydrogen) atoms. The predicted octanol–water partition coefficient (Wildman–Crippen LogP) is 4.39. The van der Waals surface area contributed by atoms with Gasteiger partial charge in [0, 0.05) is 27.2 Å². The van der Waals surface area contributed by atoms with E-state index < -0.39 is 5.97 Å². The van der Waals surface area contributed by atoms with Crippen molar-refractivity contribution in [1.29, 1.82) is 0 Å². The number of carbonyl (C=O) groups excluding carboxylic acids is 2. The molecule has 3 rings (SSSR count). The van der Waals surface area contributed by atoms with E-state index in [2.05, 4.69) is 28.2 Å². The summed E-state index contributed by atoms with van der Waals surface area (Å²) in [5, 5.41) is 14.5. The molecule has 0 aliphatic carbocycles. The van der Waals surface area contributed by atoms with Gasteiger partial charge in [-0.05, 0) is 26.0 Å². The van der Waals surface area contributed by atoms with E-state index in [1.165, 1.54) is 35.1 Å². The fourth-order valence-corrected chi connectivity index (χ4v) is 4.97. The standard InChI is InChI=1S/C19H20N4O3S3/c1-5-6-23-16(13-7-11(2)27-9-13)21-22-19(23)28-10-15(24)20-17-14(18(25)26-4)8-12(3)29-17/h5,7-9H,1,6,10H2,2-4H3,(H,20,24). The minimum atomic E-state index is -0.473. The number of thioether (sulfide) groups is 1. The van der Waals surface area contributed by atoms with Crippen molar-refractivity contribution in [1.82, 2.24) is 14.8 Å². The van der Waals surface area contributed by atoms with Crippen LogP contribution in [0.4, 0.5) is 5.00 Å². The summed E-state index contributed by atoms with van der Waals surface area (Å²) < 4.78 is 6.70. The summed E-state index contributed by atoms with van der Waals surface area (Å²) in [5.41, 5.74) is 1.35. The van der Waals surface area contributed by atoms with Crippen molar-refractivity contribution in [2.45, 2.75) is 25.5 Å². The predicted molar refractivity (Wildman–Crippen MR) is 118 cm³/mol. The van der Waals surface area contributed by atoms with Crippen molar-refractivity contribution >= 4 is 51.3 Å². The zero-order valence-electron chi connectivity index (χ0n) is 16.2. The van der Waals surface area contributed by atoms with Crippen molar-refractivity contribution in [2.75, 3.05) is 18.2 Å². The van der Waals surface area contributed by atoms with Gasteiger partial charge in [-0.3, -0.25) is 9.36 Å². The van der Waals surface area contributed by atoms with E-state index in [9.17, 15) is 9.59 Å². The normalized spacial score (nSPS) is 10.7. The molecule has 0 aliphatic heterocycles. The number of esters is 1. The van der Waals surface area contributed by atoms with Crippen LogP contribution in [-0.2, 0) is 16.1 Å². The number of anilines is 1. The average molecular weight is 449 g/mol. The highest BCUT2D eigenvalue weighted by molar-refractivity contribution is 7.99. The Morgan fingerprint density at radius 1 is 1.31 bits per heavy atom. The number of thiophene rings is 2. The molecule has 0 aliphatic rings. The molecule has 0 spiro atoms. The summed E-state index contributed by atoms with van der Waals surface area (Å²) in [6.07, 6.45) is 1.77. The molecule has 0 radical (unpaired) electrons. The van der Waals surface area contributed by atoms with Crippen LogP contribution in [0.3, 0.4) is 0 Å². The lowest BCUT2D eigenvalue weighted by Gasteiger charge is -2.07. The van der Waals surface area contributed by atoms with E-state index in [0.717, 1.165) is 16.3 Å². The lowest BCUT2D eigenvalue weighted by atomic mass is 10.3. The Bertz CT molecular complexity index is 1050. The van der Waals surface area contributed by atoms with Crippen molar-refractivity contribution in [3.05, 3.63) is 45.5 Å². The monoisotopic (exact) mass is 448 g/mol. The van der Waals surface area contributed by atoms with E-state index in [1.54, 1.807) is 23.5 Å². The number of nitrogens with one attached hydrogen (secondary N) is 1. The maximum atomic E-state index is 12.5. The van der Waals surface area contributed by atoms with Crippen LogP contribution in [0.15, 0.2) is 35.3 Å². The van der Waals surface area contributed by atoms with Crippen molar-refractivity contribution in [2.24, 2.45) is 0 Å². The second-order valence-electron chi connectivity index (χ2n) is 6.08. The first-order valence-electron chi connectivity index (χ1n) is 8.64. The zero-order chi connectivity index (χ0) is 21.0. The van der Waals surface area contributed by atoms with E-state index in [4.69, 9.17) is 4.74 Å². The fourth-order valence-electron chi connectivity index (χ4n) is 2.62. The maximum Gasteiger partial charge on any atom is 0.340 e. The molecule has 1 amide bonds. The number of rotatable bonds is 8. The van der Waals surface area contributed by atoms with Crippen molar-refractivity contribution in [3.8, 4) is 11.4 Å². The number of hydrogen-bond acceptors (Lipinski definition) is 8. The summed E-state index contributed by atoms with van der Waals surface area (Å²) in [5.74, 6) is 0.177. The molecule has 0 saturated carbocycles. The molecule has 0 aromatic carbocycles. The van der Waals surface area contributed by atoms with E-state index in [1.807, 2.05) is 23.8 Å². The number of amides is 1. The smallest absolute Gasteiger partial charge is 0.340 e. The molecule has 3 aromatic heterocycles. The third-order valence-corrected chi connectivity index (χ3v) is 6.66. The number of ether oxygens (including phenoxy) is 1. The maximum absolute atomic E-state index is 12.5. The molecule has 0 bridgehead atoms. The number of methoxy groups -OCH3 is 1. The summed E-state index contributed by atoms with van der Waals surface area (Å²) in [6.45, 7) is 8.25. The molecule has 1 N–H and O–H groups in total. The number of hydrogen-bond donors (Lipinski definition) is 1. The van der Waals surface area contributed by atoms with Gasteiger partial charge in [-0.25, -0.2) is 4.79 Å². The van der Waals surface area contributed by atoms with Gasteiger partial charge in [0.05, 0.1) is 18.4 Å². The molecule has 0 saturated heterocycles. The summed E-state index contributed by atoms with van der Waals surface area (Å²) >= 11 is 4.27. The second-order valence-corrected chi connectivity index (χ2v) is 9.39. The highest BCUT2D eigenvalue weighted by Gasteiger charge is 2.19. The van der Waals surface area contributed by atoms with E-state index in [-0.39, 0.29) is 11.7 Å². The van der Waals surface area contributed by atoms with Crippen LogP contribution >= 0.6 is 34.4 Å². The van der Waals surface area contributed by atoms with Crippen molar-refractivity contribution < 1.29 is 14.3 Å². The van der Waals surface area contributed by atoms with Crippen LogP contribution < -0.4 is 5.32 Å². The summed E-state index contributed by atoms with van der Waals surface area (Å²) in [7, 11) is 1.32. The summed E-state index contributed by atoms with van der Waals surface area (Å²) in [4.78, 5) is 26.4. The van der Waals surface area contributed by atoms with Crippen LogP contribution in [0.5, 0.6) is 0 Å². The Morgan fingerprint density at radius 3 is 2.76 bits per heavy atom. The number of nitrogens with zero attached hydrogens (tertiary/aromatic N) is 3. The van der Waals surface area contributed by atoms with Gasteiger partial charge in [-0.1, -0.05) is 17.8 Å². The van der Waals surface area contributed by atoms with Gasteiger partial charge in [0.2, 0.25) is 5.91 Å². The van der Waals surface area contributed by atoms with E-state index >= 15 is 0 Å². The van der Waals surface area contributed by atoms with E-state index in [0.29, 0.717) is 22.3 Å². The first-order chi connectivity index (χ1) is 13.9. The fraction of sp³-hybridized carbons (Fsp3) is 0.263. The molecule has 152 valence electrons. The van der Waals surface area contributed by atoms with Gasteiger partial charge in [-0.15, -0.1) is 39.4 Å².